The van der Waals surface area contributed by atoms with Crippen LogP contribution in [0.5, 0.6) is 0 Å². The lowest BCUT2D eigenvalue weighted by Crippen LogP contribution is -2.13. The molecule has 2 aromatic rings. The Balaban J connectivity index is 1.95. The largest absolute Gasteiger partial charge is 0.292 e. The Bertz CT molecular complexity index is 751. The van der Waals surface area contributed by atoms with Gasteiger partial charge >= 0.3 is 0 Å². The Morgan fingerprint density at radius 1 is 1.45 bits per heavy atom. The Morgan fingerprint density at radius 2 is 2.23 bits per heavy atom. The highest BCUT2D eigenvalue weighted by Crippen LogP contribution is 2.34. The SMILES string of the molecule is CCc1nc([C@H](C#N)C(=O)c2csc3c2CCCC3)sc1C. The molecule has 0 amide bonds. The van der Waals surface area contributed by atoms with Crippen molar-refractivity contribution in [2.24, 2.45) is 0 Å². The van der Waals surface area contributed by atoms with E-state index in [2.05, 4.69) is 11.1 Å². The fourth-order valence-electron chi connectivity index (χ4n) is 2.98. The summed E-state index contributed by atoms with van der Waals surface area (Å²) in [6, 6.07) is 2.18. The minimum Gasteiger partial charge on any atom is -0.292 e. The predicted molar refractivity (Wildman–Crippen MR) is 89.9 cm³/mol. The summed E-state index contributed by atoms with van der Waals surface area (Å²) in [4.78, 5) is 19.8. The van der Waals surface area contributed by atoms with Crippen LogP contribution < -0.4 is 0 Å². The predicted octanol–water partition coefficient (Wildman–Crippen LogP) is 4.44. The number of rotatable bonds is 4. The van der Waals surface area contributed by atoms with Crippen molar-refractivity contribution in [3.8, 4) is 6.07 Å². The number of ketones is 1. The first-order valence-corrected chi connectivity index (χ1v) is 9.34. The smallest absolute Gasteiger partial charge is 0.188 e. The van der Waals surface area contributed by atoms with Gasteiger partial charge in [-0.05, 0) is 44.6 Å². The summed E-state index contributed by atoms with van der Waals surface area (Å²) >= 11 is 3.15. The molecule has 1 atom stereocenters. The number of hydrogen-bond donors (Lipinski definition) is 0. The van der Waals surface area contributed by atoms with E-state index in [4.69, 9.17) is 0 Å². The van der Waals surface area contributed by atoms with Gasteiger partial charge in [-0.25, -0.2) is 4.98 Å². The van der Waals surface area contributed by atoms with Gasteiger partial charge in [-0.3, -0.25) is 4.79 Å². The molecule has 1 aliphatic rings. The average molecular weight is 330 g/mol. The molecule has 0 saturated carbocycles. The first-order valence-electron chi connectivity index (χ1n) is 7.65. The third-order valence-corrected chi connectivity index (χ3v) is 6.38. The number of aromatic nitrogens is 1. The van der Waals surface area contributed by atoms with Crippen LogP contribution in [-0.4, -0.2) is 10.8 Å². The van der Waals surface area contributed by atoms with E-state index in [-0.39, 0.29) is 5.78 Å². The quantitative estimate of drug-likeness (QED) is 0.779. The second kappa shape index (κ2) is 6.31. The molecule has 0 aliphatic heterocycles. The number of fused-ring (bicyclic) bond motifs is 1. The van der Waals surface area contributed by atoms with Crippen molar-refractivity contribution >= 4 is 28.5 Å². The molecule has 2 heterocycles. The van der Waals surface area contributed by atoms with Crippen LogP contribution in [0, 0.1) is 18.3 Å². The molecule has 1 aliphatic carbocycles. The van der Waals surface area contributed by atoms with Crippen molar-refractivity contribution in [3.63, 3.8) is 0 Å². The van der Waals surface area contributed by atoms with E-state index in [1.54, 1.807) is 11.3 Å². The van der Waals surface area contributed by atoms with Gasteiger partial charge < -0.3 is 0 Å². The Kier molecular flexibility index (Phi) is 4.42. The van der Waals surface area contributed by atoms with E-state index in [1.165, 1.54) is 28.2 Å². The van der Waals surface area contributed by atoms with Gasteiger partial charge in [0.15, 0.2) is 11.7 Å². The monoisotopic (exact) mass is 330 g/mol. The average Bonchev–Trinajstić information content (AvgIpc) is 3.11. The molecule has 2 aromatic heterocycles. The molecule has 3 rings (SSSR count). The lowest BCUT2D eigenvalue weighted by Gasteiger charge is -2.13. The van der Waals surface area contributed by atoms with Crippen molar-refractivity contribution < 1.29 is 4.79 Å². The molecule has 0 fully saturated rings. The van der Waals surface area contributed by atoms with Crippen LogP contribution in [0.2, 0.25) is 0 Å². The van der Waals surface area contributed by atoms with E-state index in [0.717, 1.165) is 41.8 Å². The molecule has 114 valence electrons. The molecular weight excluding hydrogens is 312 g/mol. The standard InChI is InChI=1S/C17H18N2OS2/c1-3-14-10(2)22-17(19-14)12(8-18)16(20)13-9-21-15-7-5-4-6-11(13)15/h9,12H,3-7H2,1-2H3/t12-/m1/s1. The maximum atomic E-state index is 12.9. The Labute approximate surface area is 138 Å². The van der Waals surface area contributed by atoms with Crippen molar-refractivity contribution in [2.75, 3.05) is 0 Å². The van der Waals surface area contributed by atoms with Crippen molar-refractivity contribution in [2.45, 2.75) is 51.9 Å². The van der Waals surface area contributed by atoms with Gasteiger partial charge in [-0.2, -0.15) is 5.26 Å². The summed E-state index contributed by atoms with van der Waals surface area (Å²) in [7, 11) is 0. The van der Waals surface area contributed by atoms with E-state index in [9.17, 15) is 10.1 Å². The maximum absolute atomic E-state index is 12.9. The zero-order chi connectivity index (χ0) is 15.7. The normalized spacial score (nSPS) is 15.1. The van der Waals surface area contributed by atoms with Gasteiger partial charge in [0.25, 0.3) is 0 Å². The third-order valence-electron chi connectivity index (χ3n) is 4.21. The molecular formula is C17H18N2OS2. The maximum Gasteiger partial charge on any atom is 0.188 e. The van der Waals surface area contributed by atoms with Gasteiger partial charge in [-0.15, -0.1) is 22.7 Å². The van der Waals surface area contributed by atoms with Gasteiger partial charge in [-0.1, -0.05) is 6.92 Å². The zero-order valence-electron chi connectivity index (χ0n) is 12.8. The molecule has 0 spiro atoms. The number of hydrogen-bond acceptors (Lipinski definition) is 5. The van der Waals surface area contributed by atoms with Gasteiger partial charge in [0.2, 0.25) is 0 Å². The molecule has 3 nitrogen and oxygen atoms in total. The topological polar surface area (TPSA) is 53.8 Å². The number of Topliss-reactive ketones (excluding diaryl/α,β-unsaturated/α-hetero) is 1. The molecule has 0 unspecified atom stereocenters. The van der Waals surface area contributed by atoms with Crippen LogP contribution in [0.4, 0.5) is 0 Å². The van der Waals surface area contributed by atoms with Crippen molar-refractivity contribution in [3.05, 3.63) is 37.0 Å². The minimum atomic E-state index is -0.760. The van der Waals surface area contributed by atoms with Crippen LogP contribution in [0.3, 0.4) is 0 Å². The number of carbonyl (C=O) groups excluding carboxylic acids is 1. The molecule has 0 saturated heterocycles. The minimum absolute atomic E-state index is 0.0710. The fourth-order valence-corrected chi connectivity index (χ4v) is 5.17. The highest BCUT2D eigenvalue weighted by molar-refractivity contribution is 7.12. The van der Waals surface area contributed by atoms with Gasteiger partial charge in [0.1, 0.15) is 5.01 Å². The molecule has 0 N–H and O–H groups in total. The lowest BCUT2D eigenvalue weighted by molar-refractivity contribution is 0.0978. The molecule has 0 aromatic carbocycles. The summed E-state index contributed by atoms with van der Waals surface area (Å²) in [5.41, 5.74) is 2.95. The van der Waals surface area contributed by atoms with Crippen LogP contribution in [0.1, 0.15) is 62.1 Å². The third kappa shape index (κ3) is 2.62. The Hall–Kier alpha value is -1.51. The van der Waals surface area contributed by atoms with E-state index in [0.29, 0.717) is 5.01 Å². The first kappa shape index (κ1) is 15.4. The fraction of sp³-hybridized carbons (Fsp3) is 0.471. The number of nitrogens with zero attached hydrogens (tertiary/aromatic N) is 2. The number of thiophene rings is 1. The molecule has 22 heavy (non-hydrogen) atoms. The zero-order valence-corrected chi connectivity index (χ0v) is 14.4. The summed E-state index contributed by atoms with van der Waals surface area (Å²) in [6.45, 7) is 4.05. The highest BCUT2D eigenvalue weighted by atomic mass is 32.1. The van der Waals surface area contributed by atoms with Crippen molar-refractivity contribution in [1.82, 2.24) is 4.98 Å². The number of aryl methyl sites for hydroxylation is 3. The summed E-state index contributed by atoms with van der Waals surface area (Å²) in [6.07, 6.45) is 5.21. The second-order valence-electron chi connectivity index (χ2n) is 5.59. The summed E-state index contributed by atoms with van der Waals surface area (Å²) in [5, 5.41) is 12.1. The van der Waals surface area contributed by atoms with E-state index < -0.39 is 5.92 Å². The first-order chi connectivity index (χ1) is 10.7. The summed E-state index contributed by atoms with van der Waals surface area (Å²) < 4.78 is 0. The van der Waals surface area contributed by atoms with Gasteiger partial charge in [0.05, 0.1) is 11.8 Å². The van der Waals surface area contributed by atoms with Crippen LogP contribution in [0.25, 0.3) is 0 Å². The van der Waals surface area contributed by atoms with Crippen LogP contribution in [0.15, 0.2) is 5.38 Å². The number of nitriles is 1. The number of thiazole rings is 1. The second-order valence-corrected chi connectivity index (χ2v) is 7.79. The summed E-state index contributed by atoms with van der Waals surface area (Å²) in [5.74, 6) is -0.831. The van der Waals surface area contributed by atoms with Crippen LogP contribution in [-0.2, 0) is 19.3 Å². The van der Waals surface area contributed by atoms with Gasteiger partial charge in [0, 0.05) is 20.7 Å². The molecule has 0 bridgehead atoms. The molecule has 5 heteroatoms. The highest BCUT2D eigenvalue weighted by Gasteiger charge is 2.29. The lowest BCUT2D eigenvalue weighted by atomic mass is 9.91. The molecule has 0 radical (unpaired) electrons. The number of carbonyl (C=O) groups is 1. The van der Waals surface area contributed by atoms with E-state index in [1.807, 2.05) is 19.2 Å². The Morgan fingerprint density at radius 3 is 2.91 bits per heavy atom. The van der Waals surface area contributed by atoms with Crippen molar-refractivity contribution in [1.29, 1.82) is 5.26 Å². The van der Waals surface area contributed by atoms with E-state index >= 15 is 0 Å². The van der Waals surface area contributed by atoms with Crippen LogP contribution >= 0.6 is 22.7 Å².